The molecule has 7 heteroatoms. The van der Waals surface area contributed by atoms with Crippen molar-refractivity contribution in [2.24, 2.45) is 10.1 Å². The molecule has 2 aromatic rings. The standard InChI is InChI=1S/C20H21N3O3S/c21-19(24)16-7-1-2-10-17(16)27(26)23-20(25)22-18-14-8-3-5-12(14)11-13-6-4-9-15(13)18/h1-2,7,10-11,27H,3-6,8-9H2,(H2,21,24)(H,22,25). The predicted octanol–water partition coefficient (Wildman–Crippen LogP) is 3.02. The van der Waals surface area contributed by atoms with E-state index in [9.17, 15) is 13.8 Å². The normalized spacial score (nSPS) is 16.0. The molecule has 4 rings (SSSR count). The Morgan fingerprint density at radius 1 is 1.00 bits per heavy atom. The van der Waals surface area contributed by atoms with Gasteiger partial charge < -0.3 is 11.1 Å². The molecular formula is C20H21N3O3S. The van der Waals surface area contributed by atoms with E-state index < -0.39 is 22.5 Å². The molecule has 6 nitrogen and oxygen atoms in total. The quantitative estimate of drug-likeness (QED) is 0.710. The van der Waals surface area contributed by atoms with Gasteiger partial charge in [0.25, 0.3) is 0 Å². The Kier molecular flexibility index (Phi) is 4.70. The van der Waals surface area contributed by atoms with Gasteiger partial charge in [-0.2, -0.15) is 0 Å². The summed E-state index contributed by atoms with van der Waals surface area (Å²) in [6, 6.07) is 7.89. The summed E-state index contributed by atoms with van der Waals surface area (Å²) in [6.07, 6.45) is 6.10. The molecule has 0 radical (unpaired) electrons. The molecule has 1 atom stereocenters. The number of aryl methyl sites for hydroxylation is 2. The number of nitrogens with zero attached hydrogens (tertiary/aromatic N) is 1. The highest BCUT2D eigenvalue weighted by Gasteiger charge is 2.25. The minimum atomic E-state index is -2.41. The number of thiol groups is 1. The lowest BCUT2D eigenvalue weighted by molar-refractivity contribution is 0.0997. The molecular weight excluding hydrogens is 362 g/mol. The summed E-state index contributed by atoms with van der Waals surface area (Å²) in [4.78, 5) is 24.2. The Labute approximate surface area is 159 Å². The van der Waals surface area contributed by atoms with Gasteiger partial charge in [0.15, 0.2) is 0 Å². The van der Waals surface area contributed by atoms with Crippen molar-refractivity contribution in [1.29, 1.82) is 0 Å². The smallest absolute Gasteiger partial charge is 0.353 e. The molecule has 0 aromatic heterocycles. The van der Waals surface area contributed by atoms with Crippen LogP contribution in [0.1, 0.15) is 45.5 Å². The van der Waals surface area contributed by atoms with Gasteiger partial charge >= 0.3 is 6.03 Å². The summed E-state index contributed by atoms with van der Waals surface area (Å²) in [5.74, 6) is -0.691. The lowest BCUT2D eigenvalue weighted by Crippen LogP contribution is -2.14. The van der Waals surface area contributed by atoms with Crippen molar-refractivity contribution in [2.75, 3.05) is 5.32 Å². The third-order valence-corrected chi connectivity index (χ3v) is 6.43. The van der Waals surface area contributed by atoms with Gasteiger partial charge in [0.2, 0.25) is 5.91 Å². The van der Waals surface area contributed by atoms with E-state index in [1.165, 1.54) is 34.4 Å². The second-order valence-corrected chi connectivity index (χ2v) is 8.15. The van der Waals surface area contributed by atoms with Gasteiger partial charge in [-0.15, -0.1) is 4.36 Å². The third kappa shape index (κ3) is 3.35. The first-order valence-electron chi connectivity index (χ1n) is 9.10. The summed E-state index contributed by atoms with van der Waals surface area (Å²) >= 11 is 0. The molecule has 0 heterocycles. The van der Waals surface area contributed by atoms with E-state index in [-0.39, 0.29) is 10.5 Å². The van der Waals surface area contributed by atoms with Gasteiger partial charge in [-0.1, -0.05) is 18.2 Å². The van der Waals surface area contributed by atoms with Crippen molar-refractivity contribution in [2.45, 2.75) is 43.4 Å². The van der Waals surface area contributed by atoms with E-state index in [4.69, 9.17) is 5.73 Å². The second kappa shape index (κ2) is 7.15. The highest BCUT2D eigenvalue weighted by atomic mass is 32.2. The minimum Gasteiger partial charge on any atom is -0.366 e. The van der Waals surface area contributed by atoms with E-state index in [0.717, 1.165) is 44.2 Å². The first kappa shape index (κ1) is 17.7. The van der Waals surface area contributed by atoms with Crippen LogP contribution in [0.4, 0.5) is 10.5 Å². The monoisotopic (exact) mass is 383 g/mol. The maximum Gasteiger partial charge on any atom is 0.353 e. The maximum atomic E-state index is 12.6. The molecule has 0 spiro atoms. The highest BCUT2D eigenvalue weighted by molar-refractivity contribution is 7.75. The van der Waals surface area contributed by atoms with Crippen LogP contribution in [0, 0.1) is 0 Å². The van der Waals surface area contributed by atoms with E-state index in [0.29, 0.717) is 0 Å². The van der Waals surface area contributed by atoms with E-state index >= 15 is 0 Å². The largest absolute Gasteiger partial charge is 0.366 e. The molecule has 2 aliphatic carbocycles. The Hall–Kier alpha value is -2.67. The van der Waals surface area contributed by atoms with E-state index in [1.807, 2.05) is 0 Å². The SMILES string of the molecule is NC(=O)c1ccccc1/[SH](=O)=N/C(=O)Nc1c2c(cc3c1CCC3)CCC2. The van der Waals surface area contributed by atoms with E-state index in [2.05, 4.69) is 15.7 Å². The minimum absolute atomic E-state index is 0.122. The van der Waals surface area contributed by atoms with Crippen LogP contribution in [0.2, 0.25) is 0 Å². The lowest BCUT2D eigenvalue weighted by atomic mass is 9.99. The number of primary amides is 1. The van der Waals surface area contributed by atoms with Crippen molar-refractivity contribution in [3.63, 3.8) is 0 Å². The molecule has 0 fully saturated rings. The van der Waals surface area contributed by atoms with Crippen LogP contribution in [0.25, 0.3) is 0 Å². The van der Waals surface area contributed by atoms with Gasteiger partial charge in [0.05, 0.1) is 21.1 Å². The summed E-state index contributed by atoms with van der Waals surface area (Å²) in [5.41, 5.74) is 11.3. The Bertz CT molecular complexity index is 1010. The van der Waals surface area contributed by atoms with Crippen LogP contribution in [0.15, 0.2) is 39.6 Å². The number of nitrogens with one attached hydrogen (secondary N) is 1. The molecule has 0 bridgehead atoms. The second-order valence-electron chi connectivity index (χ2n) is 6.92. The third-order valence-electron chi connectivity index (χ3n) is 5.26. The predicted molar refractivity (Wildman–Crippen MR) is 105 cm³/mol. The number of urea groups is 1. The lowest BCUT2D eigenvalue weighted by Gasteiger charge is -2.14. The zero-order valence-electron chi connectivity index (χ0n) is 14.8. The molecule has 0 saturated heterocycles. The fraction of sp³-hybridized carbons (Fsp3) is 0.300. The molecule has 1 unspecified atom stereocenters. The number of benzene rings is 2. The van der Waals surface area contributed by atoms with Gasteiger partial charge in [-0.05, 0) is 72.9 Å². The Balaban J connectivity index is 1.66. The molecule has 2 aromatic carbocycles. The zero-order valence-corrected chi connectivity index (χ0v) is 15.7. The number of carbonyl (C=O) groups is 2. The first-order valence-corrected chi connectivity index (χ1v) is 10.3. The molecule has 3 N–H and O–H groups in total. The number of fused-ring (bicyclic) bond motifs is 2. The molecule has 140 valence electrons. The van der Waals surface area contributed by atoms with E-state index in [1.54, 1.807) is 12.1 Å². The number of rotatable bonds is 3. The van der Waals surface area contributed by atoms with Gasteiger partial charge in [-0.3, -0.25) is 4.79 Å². The van der Waals surface area contributed by atoms with Crippen LogP contribution < -0.4 is 11.1 Å². The van der Waals surface area contributed by atoms with Crippen LogP contribution >= 0.6 is 0 Å². The molecule has 27 heavy (non-hydrogen) atoms. The highest BCUT2D eigenvalue weighted by Crippen LogP contribution is 2.38. The van der Waals surface area contributed by atoms with Crippen molar-refractivity contribution >= 4 is 28.2 Å². The maximum absolute atomic E-state index is 12.6. The number of hydrogen-bond acceptors (Lipinski definition) is 3. The van der Waals surface area contributed by atoms with Crippen molar-refractivity contribution in [1.82, 2.24) is 0 Å². The number of amides is 3. The fourth-order valence-corrected chi connectivity index (χ4v) is 5.01. The first-order chi connectivity index (χ1) is 13.0. The summed E-state index contributed by atoms with van der Waals surface area (Å²) in [7, 11) is -2.41. The molecule has 2 aliphatic rings. The summed E-state index contributed by atoms with van der Waals surface area (Å²) in [5, 5.41) is 2.89. The Morgan fingerprint density at radius 3 is 2.26 bits per heavy atom. The van der Waals surface area contributed by atoms with Crippen molar-refractivity contribution < 1.29 is 13.8 Å². The van der Waals surface area contributed by atoms with Gasteiger partial charge in [0, 0.05) is 5.69 Å². The van der Waals surface area contributed by atoms with Crippen molar-refractivity contribution in [3.05, 3.63) is 58.1 Å². The topological polar surface area (TPSA) is 102 Å². The van der Waals surface area contributed by atoms with Crippen LogP contribution in [0.3, 0.4) is 0 Å². The zero-order chi connectivity index (χ0) is 19.0. The summed E-state index contributed by atoms with van der Waals surface area (Å²) in [6.45, 7) is 0. The van der Waals surface area contributed by atoms with Crippen LogP contribution in [-0.4, -0.2) is 16.1 Å². The fourth-order valence-electron chi connectivity index (χ4n) is 4.08. The van der Waals surface area contributed by atoms with Crippen LogP contribution in [-0.2, 0) is 36.3 Å². The molecule has 0 saturated carbocycles. The average molecular weight is 383 g/mol. The number of nitrogens with two attached hydrogens (primary N) is 1. The molecule has 3 amide bonds. The van der Waals surface area contributed by atoms with Gasteiger partial charge in [0.1, 0.15) is 0 Å². The Morgan fingerprint density at radius 2 is 1.63 bits per heavy atom. The van der Waals surface area contributed by atoms with Crippen molar-refractivity contribution in [3.8, 4) is 0 Å². The molecule has 0 aliphatic heterocycles. The summed E-state index contributed by atoms with van der Waals surface area (Å²) < 4.78 is 16.3. The van der Waals surface area contributed by atoms with Crippen LogP contribution in [0.5, 0.6) is 0 Å². The average Bonchev–Trinajstić information content (AvgIpc) is 3.30. The number of anilines is 1. The van der Waals surface area contributed by atoms with Gasteiger partial charge in [-0.25, -0.2) is 9.00 Å². The number of hydrogen-bond donors (Lipinski definition) is 3. The number of carbonyl (C=O) groups excluding carboxylic acids is 2.